The molecule has 0 aliphatic heterocycles. The van der Waals surface area contributed by atoms with Gasteiger partial charge < -0.3 is 5.32 Å². The second kappa shape index (κ2) is 6.86. The maximum absolute atomic E-state index is 11.7. The second-order valence-corrected chi connectivity index (χ2v) is 6.75. The van der Waals surface area contributed by atoms with Gasteiger partial charge in [0.25, 0.3) is 0 Å². The molecule has 96 valence electrons. The van der Waals surface area contributed by atoms with Crippen molar-refractivity contribution in [2.45, 2.75) is 24.1 Å². The number of aromatic nitrogens is 2. The predicted molar refractivity (Wildman–Crippen MR) is 77.6 cm³/mol. The van der Waals surface area contributed by atoms with Crippen molar-refractivity contribution in [1.82, 2.24) is 10.2 Å². The van der Waals surface area contributed by atoms with Crippen LogP contribution in [-0.4, -0.2) is 21.9 Å². The van der Waals surface area contributed by atoms with Crippen molar-refractivity contribution in [2.75, 3.05) is 11.1 Å². The molecular formula is C11H13N3OS3. The average Bonchev–Trinajstić information content (AvgIpc) is 2.99. The first-order valence-corrected chi connectivity index (χ1v) is 8.29. The molecule has 0 bridgehead atoms. The van der Waals surface area contributed by atoms with Crippen molar-refractivity contribution in [3.63, 3.8) is 0 Å². The van der Waals surface area contributed by atoms with Crippen LogP contribution in [0.2, 0.25) is 0 Å². The number of carbonyl (C=O) groups excluding carboxylic acids is 1. The highest BCUT2D eigenvalue weighted by molar-refractivity contribution is 8.01. The molecule has 0 aliphatic carbocycles. The van der Waals surface area contributed by atoms with Crippen LogP contribution >= 0.6 is 34.4 Å². The lowest BCUT2D eigenvalue weighted by atomic mass is 10.2. The fourth-order valence-corrected chi connectivity index (χ4v) is 3.68. The number of thiophene rings is 1. The number of thioether (sulfide) groups is 1. The van der Waals surface area contributed by atoms with Crippen molar-refractivity contribution in [3.8, 4) is 0 Å². The molecule has 0 aromatic carbocycles. The van der Waals surface area contributed by atoms with Gasteiger partial charge in [-0.25, -0.2) is 0 Å². The van der Waals surface area contributed by atoms with Crippen LogP contribution in [-0.2, 0) is 11.2 Å². The lowest BCUT2D eigenvalue weighted by molar-refractivity contribution is -0.116. The van der Waals surface area contributed by atoms with Crippen LogP contribution in [0.5, 0.6) is 0 Å². The van der Waals surface area contributed by atoms with Gasteiger partial charge in [0.05, 0.1) is 0 Å². The van der Waals surface area contributed by atoms with Gasteiger partial charge in [-0.2, -0.15) is 11.3 Å². The fraction of sp³-hybridized carbons (Fsp3) is 0.364. The van der Waals surface area contributed by atoms with Crippen molar-refractivity contribution < 1.29 is 4.79 Å². The highest BCUT2D eigenvalue weighted by atomic mass is 32.2. The Morgan fingerprint density at radius 2 is 2.39 bits per heavy atom. The zero-order valence-electron chi connectivity index (χ0n) is 9.88. The quantitative estimate of drug-likeness (QED) is 0.657. The Bertz CT molecular complexity index is 495. The third-order valence-corrected chi connectivity index (χ3v) is 4.73. The lowest BCUT2D eigenvalue weighted by Gasteiger charge is -1.99. The molecule has 4 nitrogen and oxygen atoms in total. The van der Waals surface area contributed by atoms with Gasteiger partial charge in [-0.15, -0.1) is 10.2 Å². The Kier molecular flexibility index (Phi) is 5.15. The Morgan fingerprint density at radius 1 is 1.50 bits per heavy atom. The zero-order chi connectivity index (χ0) is 12.8. The molecule has 1 amide bonds. The van der Waals surface area contributed by atoms with Crippen LogP contribution in [0.15, 0.2) is 21.2 Å². The van der Waals surface area contributed by atoms with Gasteiger partial charge in [0, 0.05) is 6.42 Å². The first-order chi connectivity index (χ1) is 8.78. The average molecular weight is 299 g/mol. The molecule has 0 unspecified atom stereocenters. The predicted octanol–water partition coefficient (Wildman–Crippen LogP) is 3.28. The summed E-state index contributed by atoms with van der Waals surface area (Å²) < 4.78 is 0.894. The number of hydrogen-bond donors (Lipinski definition) is 1. The molecule has 2 rings (SSSR count). The third-order valence-electron chi connectivity index (χ3n) is 2.14. The summed E-state index contributed by atoms with van der Waals surface area (Å²) in [6, 6.07) is 2.04. The summed E-state index contributed by atoms with van der Waals surface area (Å²) >= 11 is 4.70. The first-order valence-electron chi connectivity index (χ1n) is 5.55. The zero-order valence-corrected chi connectivity index (χ0v) is 12.3. The summed E-state index contributed by atoms with van der Waals surface area (Å²) in [7, 11) is 0. The molecule has 0 radical (unpaired) electrons. The molecule has 7 heteroatoms. The smallest absolute Gasteiger partial charge is 0.226 e. The van der Waals surface area contributed by atoms with Gasteiger partial charge in [0.15, 0.2) is 4.34 Å². The minimum atomic E-state index is -0.00889. The second-order valence-electron chi connectivity index (χ2n) is 3.49. The molecule has 0 atom stereocenters. The number of nitrogens with one attached hydrogen (secondary N) is 1. The number of rotatable bonds is 6. The van der Waals surface area contributed by atoms with Crippen molar-refractivity contribution in [2.24, 2.45) is 0 Å². The minimum Gasteiger partial charge on any atom is -0.300 e. The third kappa shape index (κ3) is 4.08. The number of aryl methyl sites for hydroxylation is 1. The Hall–Kier alpha value is -0.920. The molecule has 0 spiro atoms. The van der Waals surface area contributed by atoms with E-state index < -0.39 is 0 Å². The van der Waals surface area contributed by atoms with Crippen LogP contribution in [0.4, 0.5) is 5.13 Å². The van der Waals surface area contributed by atoms with Crippen LogP contribution in [0.3, 0.4) is 0 Å². The molecule has 1 N–H and O–H groups in total. The topological polar surface area (TPSA) is 54.9 Å². The van der Waals surface area contributed by atoms with Gasteiger partial charge in [0.1, 0.15) is 0 Å². The largest absolute Gasteiger partial charge is 0.300 e. The van der Waals surface area contributed by atoms with E-state index in [0.717, 1.165) is 16.5 Å². The maximum Gasteiger partial charge on any atom is 0.226 e. The van der Waals surface area contributed by atoms with Gasteiger partial charge in [-0.3, -0.25) is 4.79 Å². The number of carbonyl (C=O) groups is 1. The lowest BCUT2D eigenvalue weighted by Crippen LogP contribution is -2.11. The van der Waals surface area contributed by atoms with E-state index in [-0.39, 0.29) is 5.91 Å². The van der Waals surface area contributed by atoms with Gasteiger partial charge in [0.2, 0.25) is 11.0 Å². The molecule has 0 saturated heterocycles. The van der Waals surface area contributed by atoms with Crippen molar-refractivity contribution in [1.29, 1.82) is 0 Å². The van der Waals surface area contributed by atoms with E-state index in [2.05, 4.69) is 27.8 Å². The molecular weight excluding hydrogens is 286 g/mol. The number of anilines is 1. The van der Waals surface area contributed by atoms with Gasteiger partial charge in [-0.1, -0.05) is 30.0 Å². The van der Waals surface area contributed by atoms with Crippen LogP contribution in [0, 0.1) is 0 Å². The molecule has 2 aromatic rings. The summed E-state index contributed by atoms with van der Waals surface area (Å²) in [6.45, 7) is 2.06. The summed E-state index contributed by atoms with van der Waals surface area (Å²) in [5.41, 5.74) is 1.20. The summed E-state index contributed by atoms with van der Waals surface area (Å²) in [4.78, 5) is 11.7. The summed E-state index contributed by atoms with van der Waals surface area (Å²) in [5.74, 6) is 0.950. The number of amides is 1. The van der Waals surface area contributed by atoms with Gasteiger partial charge >= 0.3 is 0 Å². The van der Waals surface area contributed by atoms with Crippen molar-refractivity contribution >= 4 is 45.5 Å². The first kappa shape index (κ1) is 13.5. The van der Waals surface area contributed by atoms with E-state index in [1.54, 1.807) is 23.1 Å². The molecule has 0 saturated carbocycles. The standard InChI is InChI=1S/C11H13N3OS3/c1-2-17-11-14-13-10(18-11)12-9(15)4-3-8-5-6-16-7-8/h5-7H,2-4H2,1H3,(H,12,13,15). The Balaban J connectivity index is 1.79. The number of nitrogens with zero attached hydrogens (tertiary/aromatic N) is 2. The van der Waals surface area contributed by atoms with Crippen LogP contribution < -0.4 is 5.32 Å². The fourth-order valence-electron chi connectivity index (χ4n) is 1.32. The molecule has 18 heavy (non-hydrogen) atoms. The highest BCUT2D eigenvalue weighted by Crippen LogP contribution is 2.25. The highest BCUT2D eigenvalue weighted by Gasteiger charge is 2.08. The normalized spacial score (nSPS) is 10.5. The van der Waals surface area contributed by atoms with E-state index in [0.29, 0.717) is 11.6 Å². The molecule has 2 heterocycles. The van der Waals surface area contributed by atoms with Crippen LogP contribution in [0.25, 0.3) is 0 Å². The van der Waals surface area contributed by atoms with Gasteiger partial charge in [-0.05, 0) is 34.6 Å². The van der Waals surface area contributed by atoms with E-state index in [9.17, 15) is 4.79 Å². The van der Waals surface area contributed by atoms with Crippen molar-refractivity contribution in [3.05, 3.63) is 22.4 Å². The molecule has 0 fully saturated rings. The monoisotopic (exact) mass is 299 g/mol. The Labute approximate surface area is 118 Å². The Morgan fingerprint density at radius 3 is 3.11 bits per heavy atom. The van der Waals surface area contributed by atoms with E-state index in [1.807, 2.05) is 11.4 Å². The SMILES string of the molecule is CCSc1nnc(NC(=O)CCc2ccsc2)s1. The molecule has 2 aromatic heterocycles. The van der Waals surface area contributed by atoms with Crippen LogP contribution in [0.1, 0.15) is 18.9 Å². The van der Waals surface area contributed by atoms with E-state index >= 15 is 0 Å². The minimum absolute atomic E-state index is 0.00889. The molecule has 0 aliphatic rings. The van der Waals surface area contributed by atoms with E-state index in [4.69, 9.17) is 0 Å². The summed E-state index contributed by atoms with van der Waals surface area (Å²) in [5, 5.41) is 15.4. The van der Waals surface area contributed by atoms with E-state index in [1.165, 1.54) is 16.9 Å². The maximum atomic E-state index is 11.7. The summed E-state index contributed by atoms with van der Waals surface area (Å²) in [6.07, 6.45) is 1.25. The number of hydrogen-bond acceptors (Lipinski definition) is 6.